The second-order valence-corrected chi connectivity index (χ2v) is 6.69. The van der Waals surface area contributed by atoms with Gasteiger partial charge in [0.15, 0.2) is 5.13 Å². The molecule has 0 saturated carbocycles. The van der Waals surface area contributed by atoms with E-state index in [4.69, 9.17) is 4.74 Å². The van der Waals surface area contributed by atoms with Gasteiger partial charge < -0.3 is 10.1 Å². The highest BCUT2D eigenvalue weighted by Crippen LogP contribution is 2.30. The van der Waals surface area contributed by atoms with E-state index in [-0.39, 0.29) is 11.8 Å². The highest BCUT2D eigenvalue weighted by Gasteiger charge is 2.26. The minimum Gasteiger partial charge on any atom is -0.497 e. The number of methoxy groups -OCH3 is 1. The van der Waals surface area contributed by atoms with Crippen molar-refractivity contribution in [3.63, 3.8) is 0 Å². The Morgan fingerprint density at radius 1 is 1.48 bits per heavy atom. The summed E-state index contributed by atoms with van der Waals surface area (Å²) >= 11 is 1.48. The van der Waals surface area contributed by atoms with Crippen LogP contribution in [0.25, 0.3) is 10.2 Å². The average Bonchev–Trinajstić information content (AvgIpc) is 3.18. The predicted molar refractivity (Wildman–Crippen MR) is 88.9 cm³/mol. The molecule has 118 valence electrons. The Bertz CT molecular complexity index is 870. The number of rotatable bonds is 3. The number of hydrogen-bond donors (Lipinski definition) is 2. The third-order valence-electron chi connectivity index (χ3n) is 4.22. The molecule has 1 amide bonds. The van der Waals surface area contributed by atoms with Gasteiger partial charge in [-0.05, 0) is 30.5 Å². The quantitative estimate of drug-likeness (QED) is 0.775. The first-order chi connectivity index (χ1) is 11.2. The molecule has 4 rings (SSSR count). The Morgan fingerprint density at radius 2 is 2.39 bits per heavy atom. The van der Waals surface area contributed by atoms with Crippen molar-refractivity contribution in [1.29, 1.82) is 0 Å². The molecule has 0 spiro atoms. The number of aryl methyl sites for hydroxylation is 1. The van der Waals surface area contributed by atoms with Gasteiger partial charge >= 0.3 is 0 Å². The van der Waals surface area contributed by atoms with Gasteiger partial charge in [0.05, 0.1) is 23.5 Å². The number of thiazole rings is 1. The third kappa shape index (κ3) is 2.68. The molecule has 3 aromatic rings. The zero-order valence-corrected chi connectivity index (χ0v) is 13.4. The van der Waals surface area contributed by atoms with Crippen LogP contribution in [-0.2, 0) is 17.6 Å². The van der Waals surface area contributed by atoms with Crippen LogP contribution in [0.5, 0.6) is 5.75 Å². The molecule has 1 unspecified atom stereocenters. The number of ether oxygens (including phenoxy) is 1. The molecule has 0 fully saturated rings. The Balaban J connectivity index is 1.50. The summed E-state index contributed by atoms with van der Waals surface area (Å²) in [6.45, 7) is 0. The number of nitrogens with zero attached hydrogens (tertiary/aromatic N) is 2. The molecule has 0 bridgehead atoms. The van der Waals surface area contributed by atoms with Crippen LogP contribution in [0.4, 0.5) is 5.13 Å². The first kappa shape index (κ1) is 14.2. The van der Waals surface area contributed by atoms with Crippen molar-refractivity contribution in [2.24, 2.45) is 5.92 Å². The lowest BCUT2D eigenvalue weighted by Crippen LogP contribution is -2.28. The van der Waals surface area contributed by atoms with Crippen LogP contribution < -0.4 is 10.1 Å². The van der Waals surface area contributed by atoms with Crippen molar-refractivity contribution in [3.8, 4) is 5.75 Å². The number of benzene rings is 1. The fourth-order valence-electron chi connectivity index (χ4n) is 2.93. The lowest BCUT2D eigenvalue weighted by atomic mass is 9.87. The topological polar surface area (TPSA) is 79.9 Å². The van der Waals surface area contributed by atoms with Crippen LogP contribution in [0.15, 0.2) is 24.4 Å². The van der Waals surface area contributed by atoms with E-state index in [0.29, 0.717) is 11.6 Å². The van der Waals surface area contributed by atoms with Gasteiger partial charge in [0.1, 0.15) is 5.75 Å². The molecule has 1 aliphatic rings. The molecule has 2 aromatic heterocycles. The highest BCUT2D eigenvalue weighted by molar-refractivity contribution is 7.22. The van der Waals surface area contributed by atoms with Crippen molar-refractivity contribution in [3.05, 3.63) is 35.7 Å². The molecule has 7 heteroatoms. The van der Waals surface area contributed by atoms with Gasteiger partial charge in [-0.2, -0.15) is 5.10 Å². The predicted octanol–water partition coefficient (Wildman–Crippen LogP) is 2.77. The van der Waals surface area contributed by atoms with E-state index in [1.165, 1.54) is 16.9 Å². The van der Waals surface area contributed by atoms with Crippen LogP contribution in [-0.4, -0.2) is 28.2 Å². The lowest BCUT2D eigenvalue weighted by molar-refractivity contribution is -0.120. The summed E-state index contributed by atoms with van der Waals surface area (Å²) in [5.41, 5.74) is 3.13. The van der Waals surface area contributed by atoms with E-state index < -0.39 is 0 Å². The van der Waals surface area contributed by atoms with Crippen molar-refractivity contribution < 1.29 is 9.53 Å². The molecular weight excluding hydrogens is 312 g/mol. The molecule has 2 N–H and O–H groups in total. The Labute approximate surface area is 136 Å². The fraction of sp³-hybridized carbons (Fsp3) is 0.312. The second-order valence-electron chi connectivity index (χ2n) is 5.66. The SMILES string of the molecule is COc1ccc2sc(NC(=O)C3CCc4cn[nH]c4C3)nc2c1. The number of aromatic amines is 1. The van der Waals surface area contributed by atoms with Crippen molar-refractivity contribution >= 4 is 32.6 Å². The summed E-state index contributed by atoms with van der Waals surface area (Å²) in [4.78, 5) is 17.0. The number of carbonyl (C=O) groups is 1. The lowest BCUT2D eigenvalue weighted by Gasteiger charge is -2.20. The average molecular weight is 328 g/mol. The van der Waals surface area contributed by atoms with E-state index in [1.54, 1.807) is 7.11 Å². The Kier molecular flexibility index (Phi) is 3.49. The maximum Gasteiger partial charge on any atom is 0.229 e. The number of hydrogen-bond acceptors (Lipinski definition) is 5. The molecule has 1 atom stereocenters. The van der Waals surface area contributed by atoms with E-state index in [9.17, 15) is 4.79 Å². The summed E-state index contributed by atoms with van der Waals surface area (Å²) < 4.78 is 6.23. The molecule has 0 saturated heterocycles. The summed E-state index contributed by atoms with van der Waals surface area (Å²) in [5, 5.41) is 10.6. The summed E-state index contributed by atoms with van der Waals surface area (Å²) in [6.07, 6.45) is 4.29. The number of anilines is 1. The van der Waals surface area contributed by atoms with Gasteiger partial charge in [0, 0.05) is 24.1 Å². The van der Waals surface area contributed by atoms with Gasteiger partial charge in [0.25, 0.3) is 0 Å². The van der Waals surface area contributed by atoms with Crippen LogP contribution in [0, 0.1) is 5.92 Å². The molecule has 1 aromatic carbocycles. The smallest absolute Gasteiger partial charge is 0.229 e. The Hall–Kier alpha value is -2.41. The number of H-pyrrole nitrogens is 1. The van der Waals surface area contributed by atoms with Crippen molar-refractivity contribution in [1.82, 2.24) is 15.2 Å². The van der Waals surface area contributed by atoms with Crippen LogP contribution in [0.1, 0.15) is 17.7 Å². The first-order valence-corrected chi connectivity index (χ1v) is 8.31. The largest absolute Gasteiger partial charge is 0.497 e. The van der Waals surface area contributed by atoms with Gasteiger partial charge in [-0.15, -0.1) is 0 Å². The molecule has 23 heavy (non-hydrogen) atoms. The number of carbonyl (C=O) groups excluding carboxylic acids is 1. The monoisotopic (exact) mass is 328 g/mol. The fourth-order valence-corrected chi connectivity index (χ4v) is 3.78. The standard InChI is InChI=1S/C16H16N4O2S/c1-22-11-4-5-14-13(7-11)18-16(23-14)19-15(21)9-2-3-10-8-17-20-12(10)6-9/h4-5,7-9H,2-3,6H2,1H3,(H,17,20)(H,18,19,21). The van der Waals surface area contributed by atoms with Crippen molar-refractivity contribution in [2.45, 2.75) is 19.3 Å². The number of fused-ring (bicyclic) bond motifs is 2. The van der Waals surface area contributed by atoms with Crippen LogP contribution in [0.2, 0.25) is 0 Å². The minimum atomic E-state index is -0.0375. The molecule has 6 nitrogen and oxygen atoms in total. The number of aromatic nitrogens is 3. The van der Waals surface area contributed by atoms with E-state index >= 15 is 0 Å². The first-order valence-electron chi connectivity index (χ1n) is 7.49. The van der Waals surface area contributed by atoms with Crippen LogP contribution >= 0.6 is 11.3 Å². The summed E-state index contributed by atoms with van der Waals surface area (Å²) in [6, 6.07) is 5.73. The van der Waals surface area contributed by atoms with Gasteiger partial charge in [-0.1, -0.05) is 11.3 Å². The molecule has 0 aliphatic heterocycles. The molecular formula is C16H16N4O2S. The van der Waals surface area contributed by atoms with Crippen LogP contribution in [0.3, 0.4) is 0 Å². The van der Waals surface area contributed by atoms with Gasteiger partial charge in [-0.3, -0.25) is 9.89 Å². The van der Waals surface area contributed by atoms with Crippen molar-refractivity contribution in [2.75, 3.05) is 12.4 Å². The van der Waals surface area contributed by atoms with E-state index in [0.717, 1.165) is 34.5 Å². The molecule has 2 heterocycles. The van der Waals surface area contributed by atoms with Gasteiger partial charge in [0.2, 0.25) is 5.91 Å². The number of nitrogens with one attached hydrogen (secondary N) is 2. The molecule has 1 aliphatic carbocycles. The summed E-state index contributed by atoms with van der Waals surface area (Å²) in [7, 11) is 1.63. The highest BCUT2D eigenvalue weighted by atomic mass is 32.1. The second kappa shape index (κ2) is 5.66. The minimum absolute atomic E-state index is 0.0243. The maximum atomic E-state index is 12.5. The summed E-state index contributed by atoms with van der Waals surface area (Å²) in [5.74, 6) is 0.750. The zero-order valence-electron chi connectivity index (χ0n) is 12.6. The molecule has 0 radical (unpaired) electrons. The normalized spacial score (nSPS) is 17.0. The number of amides is 1. The third-order valence-corrected chi connectivity index (χ3v) is 5.17. The Morgan fingerprint density at radius 3 is 3.26 bits per heavy atom. The van der Waals surface area contributed by atoms with E-state index in [2.05, 4.69) is 20.5 Å². The van der Waals surface area contributed by atoms with Gasteiger partial charge in [-0.25, -0.2) is 4.98 Å². The zero-order chi connectivity index (χ0) is 15.8. The maximum absolute atomic E-state index is 12.5. The van der Waals surface area contributed by atoms with E-state index in [1.807, 2.05) is 24.4 Å².